The molecule has 0 saturated heterocycles. The fourth-order valence-electron chi connectivity index (χ4n) is 2.88. The van der Waals surface area contributed by atoms with Crippen molar-refractivity contribution in [2.75, 3.05) is 20.1 Å². The molecule has 1 atom stereocenters. The lowest BCUT2D eigenvalue weighted by Gasteiger charge is -2.43. The minimum Gasteiger partial charge on any atom is -0.315 e. The van der Waals surface area contributed by atoms with Crippen LogP contribution < -0.4 is 5.32 Å². The Balaban J connectivity index is 2.99. The molecule has 1 unspecified atom stereocenters. The van der Waals surface area contributed by atoms with Gasteiger partial charge in [-0.2, -0.15) is 0 Å². The van der Waals surface area contributed by atoms with E-state index in [2.05, 4.69) is 53.8 Å². The van der Waals surface area contributed by atoms with E-state index < -0.39 is 0 Å². The zero-order valence-electron chi connectivity index (χ0n) is 13.1. The lowest BCUT2D eigenvalue weighted by molar-refractivity contribution is 0.0940. The molecule has 0 amide bonds. The van der Waals surface area contributed by atoms with E-state index in [4.69, 9.17) is 0 Å². The van der Waals surface area contributed by atoms with E-state index in [0.717, 1.165) is 23.1 Å². The first kappa shape index (κ1) is 17.6. The lowest BCUT2D eigenvalue weighted by atomic mass is 9.87. The molecule has 1 rings (SSSR count). The van der Waals surface area contributed by atoms with Crippen molar-refractivity contribution in [3.63, 3.8) is 0 Å². The van der Waals surface area contributed by atoms with Crippen molar-refractivity contribution in [2.45, 2.75) is 45.7 Å². The van der Waals surface area contributed by atoms with Gasteiger partial charge in [0.2, 0.25) is 0 Å². The molecule has 1 aromatic rings. The van der Waals surface area contributed by atoms with Gasteiger partial charge in [-0.1, -0.05) is 29.8 Å². The summed E-state index contributed by atoms with van der Waals surface area (Å²) in [4.78, 5) is 2.41. The number of halogens is 2. The third-order valence-corrected chi connectivity index (χ3v) is 4.70. The van der Waals surface area contributed by atoms with Crippen molar-refractivity contribution >= 4 is 15.9 Å². The first-order valence-electron chi connectivity index (χ1n) is 7.23. The van der Waals surface area contributed by atoms with Crippen LogP contribution in [0.25, 0.3) is 0 Å². The second kappa shape index (κ2) is 7.53. The maximum atomic E-state index is 14.0. The Morgan fingerprint density at radius 1 is 1.30 bits per heavy atom. The van der Waals surface area contributed by atoms with Crippen LogP contribution in [-0.4, -0.2) is 36.6 Å². The van der Waals surface area contributed by atoms with Crippen LogP contribution in [0.1, 0.15) is 33.3 Å². The Morgan fingerprint density at radius 2 is 1.90 bits per heavy atom. The van der Waals surface area contributed by atoms with Crippen LogP contribution in [0.5, 0.6) is 0 Å². The number of rotatable bonds is 7. The topological polar surface area (TPSA) is 15.3 Å². The van der Waals surface area contributed by atoms with Crippen LogP contribution in [0, 0.1) is 5.82 Å². The van der Waals surface area contributed by atoms with E-state index >= 15 is 0 Å². The molecule has 0 aromatic heterocycles. The highest BCUT2D eigenvalue weighted by Crippen LogP contribution is 2.24. The highest BCUT2D eigenvalue weighted by atomic mass is 79.9. The van der Waals surface area contributed by atoms with Gasteiger partial charge in [0.05, 0.1) is 0 Å². The van der Waals surface area contributed by atoms with Crippen molar-refractivity contribution < 1.29 is 4.39 Å². The third-order valence-electron chi connectivity index (χ3n) is 4.21. The Bertz CT molecular complexity index is 430. The Labute approximate surface area is 130 Å². The van der Waals surface area contributed by atoms with Gasteiger partial charge in [-0.15, -0.1) is 0 Å². The maximum Gasteiger partial charge on any atom is 0.126 e. The largest absolute Gasteiger partial charge is 0.315 e. The number of nitrogens with one attached hydrogen (secondary N) is 1. The SMILES string of the molecule is CCN(CC)C(C)(C)C(Cc1cc(Br)ccc1F)NC. The molecule has 0 fully saturated rings. The fourth-order valence-corrected chi connectivity index (χ4v) is 3.29. The van der Waals surface area contributed by atoms with Gasteiger partial charge in [-0.05, 0) is 64.2 Å². The Morgan fingerprint density at radius 3 is 2.40 bits per heavy atom. The van der Waals surface area contributed by atoms with Crippen LogP contribution in [0.15, 0.2) is 22.7 Å². The lowest BCUT2D eigenvalue weighted by Crippen LogP contribution is -2.57. The summed E-state index contributed by atoms with van der Waals surface area (Å²) < 4.78 is 14.9. The summed E-state index contributed by atoms with van der Waals surface area (Å²) in [5, 5.41) is 3.36. The molecule has 0 aliphatic heterocycles. The summed E-state index contributed by atoms with van der Waals surface area (Å²) in [6.07, 6.45) is 0.672. The minimum atomic E-state index is -0.135. The van der Waals surface area contributed by atoms with Crippen LogP contribution in [-0.2, 0) is 6.42 Å². The molecule has 1 N–H and O–H groups in total. The zero-order valence-corrected chi connectivity index (χ0v) is 14.7. The van der Waals surface area contributed by atoms with Gasteiger partial charge >= 0.3 is 0 Å². The average molecular weight is 345 g/mol. The van der Waals surface area contributed by atoms with Gasteiger partial charge in [0.1, 0.15) is 5.82 Å². The van der Waals surface area contributed by atoms with Crippen molar-refractivity contribution in [3.05, 3.63) is 34.1 Å². The number of hydrogen-bond acceptors (Lipinski definition) is 2. The van der Waals surface area contributed by atoms with E-state index in [-0.39, 0.29) is 17.4 Å². The van der Waals surface area contributed by atoms with Gasteiger partial charge in [-0.3, -0.25) is 4.90 Å². The number of benzene rings is 1. The molecule has 0 saturated carbocycles. The highest BCUT2D eigenvalue weighted by molar-refractivity contribution is 9.10. The highest BCUT2D eigenvalue weighted by Gasteiger charge is 2.33. The second-order valence-corrected chi connectivity index (χ2v) is 6.52. The monoisotopic (exact) mass is 344 g/mol. The summed E-state index contributed by atoms with van der Waals surface area (Å²) in [6.45, 7) is 10.7. The normalized spacial score (nSPS) is 13.8. The van der Waals surface area contributed by atoms with Crippen LogP contribution in [0.2, 0.25) is 0 Å². The predicted octanol–water partition coefficient (Wildman–Crippen LogP) is 3.84. The summed E-state index contributed by atoms with van der Waals surface area (Å²) in [7, 11) is 1.95. The van der Waals surface area contributed by atoms with Gasteiger partial charge < -0.3 is 5.32 Å². The smallest absolute Gasteiger partial charge is 0.126 e. The second-order valence-electron chi connectivity index (χ2n) is 5.61. The predicted molar refractivity (Wildman–Crippen MR) is 87.7 cm³/mol. The molecule has 0 radical (unpaired) electrons. The first-order valence-corrected chi connectivity index (χ1v) is 8.02. The molecule has 2 nitrogen and oxygen atoms in total. The molecule has 114 valence electrons. The zero-order chi connectivity index (χ0) is 15.3. The summed E-state index contributed by atoms with van der Waals surface area (Å²) in [6, 6.07) is 5.32. The molecule has 0 aliphatic carbocycles. The van der Waals surface area contributed by atoms with E-state index in [1.54, 1.807) is 6.07 Å². The summed E-state index contributed by atoms with van der Waals surface area (Å²) >= 11 is 3.42. The van der Waals surface area contributed by atoms with E-state index in [1.807, 2.05) is 13.1 Å². The average Bonchev–Trinajstić information content (AvgIpc) is 2.40. The standard InChI is InChI=1S/C16H26BrFN2/c1-6-20(7-2)16(3,4)15(19-5)11-12-10-13(17)8-9-14(12)18/h8-10,15,19H,6-7,11H2,1-5H3. The molecule has 4 heteroatoms. The van der Waals surface area contributed by atoms with E-state index in [9.17, 15) is 4.39 Å². The summed E-state index contributed by atoms with van der Waals surface area (Å²) in [5.41, 5.74) is 0.714. The van der Waals surface area contributed by atoms with Crippen LogP contribution >= 0.6 is 15.9 Å². The number of hydrogen-bond donors (Lipinski definition) is 1. The van der Waals surface area contributed by atoms with Gasteiger partial charge in [0.15, 0.2) is 0 Å². The fraction of sp³-hybridized carbons (Fsp3) is 0.625. The van der Waals surface area contributed by atoms with Crippen molar-refractivity contribution in [1.82, 2.24) is 10.2 Å². The third kappa shape index (κ3) is 4.03. The Kier molecular flexibility index (Phi) is 6.62. The molecule has 20 heavy (non-hydrogen) atoms. The van der Waals surface area contributed by atoms with Gasteiger partial charge in [0.25, 0.3) is 0 Å². The molecule has 0 aliphatic rings. The Hall–Kier alpha value is -0.450. The summed E-state index contributed by atoms with van der Waals surface area (Å²) in [5.74, 6) is -0.135. The van der Waals surface area contributed by atoms with Crippen molar-refractivity contribution in [3.8, 4) is 0 Å². The van der Waals surface area contributed by atoms with E-state index in [1.165, 1.54) is 6.07 Å². The number of likely N-dealkylation sites (N-methyl/N-ethyl adjacent to an activating group) is 2. The van der Waals surface area contributed by atoms with Gasteiger partial charge in [-0.25, -0.2) is 4.39 Å². The minimum absolute atomic E-state index is 0.0347. The molecular weight excluding hydrogens is 319 g/mol. The van der Waals surface area contributed by atoms with Crippen LogP contribution in [0.4, 0.5) is 4.39 Å². The molecule has 0 spiro atoms. The maximum absolute atomic E-state index is 14.0. The van der Waals surface area contributed by atoms with E-state index in [0.29, 0.717) is 6.42 Å². The molecule has 1 aromatic carbocycles. The van der Waals surface area contributed by atoms with Gasteiger partial charge in [0, 0.05) is 16.1 Å². The quantitative estimate of drug-likeness (QED) is 0.808. The molecular formula is C16H26BrFN2. The molecule has 0 bridgehead atoms. The first-order chi connectivity index (χ1) is 9.36. The van der Waals surface area contributed by atoms with Crippen LogP contribution in [0.3, 0.4) is 0 Å². The molecule has 0 heterocycles. The van der Waals surface area contributed by atoms with Crippen molar-refractivity contribution in [1.29, 1.82) is 0 Å². The number of nitrogens with zero attached hydrogens (tertiary/aromatic N) is 1. The van der Waals surface area contributed by atoms with Crippen molar-refractivity contribution in [2.24, 2.45) is 0 Å².